The van der Waals surface area contributed by atoms with E-state index >= 15 is 0 Å². The Kier molecular flexibility index (Phi) is 2.78. The summed E-state index contributed by atoms with van der Waals surface area (Å²) in [4.78, 5) is 0. The first kappa shape index (κ1) is 6.03. The monoisotopic (exact) mass is 96.1 g/mol. The third kappa shape index (κ3) is 2.84. The maximum atomic E-state index is 7.96. The maximum absolute atomic E-state index is 7.96. The van der Waals surface area contributed by atoms with E-state index in [-0.39, 0.29) is 0 Å². The highest BCUT2D eigenvalue weighted by Crippen LogP contribution is 1.85. The molecule has 0 amide bonds. The average Bonchev–Trinajstić information content (AvgIpc) is 1.68. The van der Waals surface area contributed by atoms with Gasteiger partial charge in [0.25, 0.3) is 0 Å². The molecule has 0 atom stereocenters. The lowest BCUT2D eigenvalue weighted by Crippen LogP contribution is -1.92. The van der Waals surface area contributed by atoms with Crippen molar-refractivity contribution in [1.29, 1.82) is 5.26 Å². The molecule has 0 aromatic carbocycles. The van der Waals surface area contributed by atoms with Gasteiger partial charge in [-0.2, -0.15) is 5.26 Å². The Bertz CT molecular complexity index is 108. The summed E-state index contributed by atoms with van der Waals surface area (Å²) in [6, 6.07) is 1.83. The lowest BCUT2D eigenvalue weighted by Gasteiger charge is -1.84. The zero-order chi connectivity index (χ0) is 5.70. The molecule has 2 heteroatoms. The van der Waals surface area contributed by atoms with E-state index in [1.807, 2.05) is 13.0 Å². The van der Waals surface area contributed by atoms with Crippen molar-refractivity contribution in [3.8, 4) is 6.07 Å². The highest BCUT2D eigenvalue weighted by Gasteiger charge is 1.77. The van der Waals surface area contributed by atoms with Crippen LogP contribution >= 0.6 is 0 Å². The summed E-state index contributed by atoms with van der Waals surface area (Å²) >= 11 is 0. The lowest BCUT2D eigenvalue weighted by molar-refractivity contribution is 1.07. The molecule has 0 radical (unpaired) electrons. The van der Waals surface area contributed by atoms with Crippen molar-refractivity contribution in [2.75, 3.05) is 0 Å². The van der Waals surface area contributed by atoms with Crippen LogP contribution in [0.1, 0.15) is 13.3 Å². The third-order valence-corrected chi connectivity index (χ3v) is 0.658. The molecule has 7 heavy (non-hydrogen) atoms. The molecule has 0 unspecified atom stereocenters. The van der Waals surface area contributed by atoms with Crippen LogP contribution in [0.4, 0.5) is 0 Å². The van der Waals surface area contributed by atoms with Crippen molar-refractivity contribution in [1.82, 2.24) is 0 Å². The fourth-order valence-corrected chi connectivity index (χ4v) is 0.185. The molecular weight excluding hydrogens is 88.1 g/mol. The van der Waals surface area contributed by atoms with E-state index in [4.69, 9.17) is 11.0 Å². The van der Waals surface area contributed by atoms with Crippen molar-refractivity contribution < 1.29 is 0 Å². The smallest absolute Gasteiger partial charge is 0.0930 e. The third-order valence-electron chi connectivity index (χ3n) is 0.658. The van der Waals surface area contributed by atoms with Crippen LogP contribution in [0.15, 0.2) is 11.8 Å². The normalized spacial score (nSPS) is 10.6. The molecule has 2 N–H and O–H groups in total. The average molecular weight is 96.1 g/mol. The zero-order valence-electron chi connectivity index (χ0n) is 4.31. The van der Waals surface area contributed by atoms with E-state index < -0.39 is 0 Å². The van der Waals surface area contributed by atoms with Gasteiger partial charge >= 0.3 is 0 Å². The number of nitrogens with zero attached hydrogens (tertiary/aromatic N) is 1. The van der Waals surface area contributed by atoms with Crippen LogP contribution < -0.4 is 5.73 Å². The van der Waals surface area contributed by atoms with Gasteiger partial charge in [0.1, 0.15) is 0 Å². The molecule has 38 valence electrons. The topological polar surface area (TPSA) is 49.8 Å². The SMILES string of the molecule is CC/C(N)=C/C#N. The Hall–Kier alpha value is -0.970. The van der Waals surface area contributed by atoms with E-state index in [1.165, 1.54) is 6.08 Å². The molecular formula is C5H8N2. The maximum Gasteiger partial charge on any atom is 0.0930 e. The summed E-state index contributed by atoms with van der Waals surface area (Å²) in [6.07, 6.45) is 2.10. The second-order valence-electron chi connectivity index (χ2n) is 1.20. The van der Waals surface area contributed by atoms with Crippen molar-refractivity contribution in [3.05, 3.63) is 11.8 Å². The minimum atomic E-state index is 0.641. The van der Waals surface area contributed by atoms with Crippen LogP contribution in [0, 0.1) is 11.3 Å². The quantitative estimate of drug-likeness (QED) is 0.490. The van der Waals surface area contributed by atoms with Crippen molar-refractivity contribution >= 4 is 0 Å². The molecule has 0 rings (SSSR count). The molecule has 0 bridgehead atoms. The van der Waals surface area contributed by atoms with Gasteiger partial charge in [-0.15, -0.1) is 0 Å². The summed E-state index contributed by atoms with van der Waals surface area (Å²) in [5.41, 5.74) is 5.86. The van der Waals surface area contributed by atoms with Crippen LogP contribution in [0.25, 0.3) is 0 Å². The minimum Gasteiger partial charge on any atom is -0.401 e. The van der Waals surface area contributed by atoms with Crippen LogP contribution in [0.2, 0.25) is 0 Å². The Balaban J connectivity index is 3.56. The van der Waals surface area contributed by atoms with Gasteiger partial charge in [-0.05, 0) is 6.42 Å². The summed E-state index contributed by atoms with van der Waals surface area (Å²) in [6.45, 7) is 1.91. The number of hydrogen-bond donors (Lipinski definition) is 1. The standard InChI is InChI=1S/C5H8N2/c1-2-5(7)3-4-6/h3H,2,7H2,1H3/b5-3-. The Morgan fingerprint density at radius 3 is 2.71 bits per heavy atom. The Morgan fingerprint density at radius 2 is 2.57 bits per heavy atom. The van der Waals surface area contributed by atoms with E-state index in [0.29, 0.717) is 5.70 Å². The predicted octanol–water partition coefficient (Wildman–Crippen LogP) is 0.763. The molecule has 0 aliphatic carbocycles. The number of allylic oxidation sites excluding steroid dienone is 2. The predicted molar refractivity (Wildman–Crippen MR) is 28.2 cm³/mol. The molecule has 0 aliphatic heterocycles. The van der Waals surface area contributed by atoms with Crippen LogP contribution in [-0.2, 0) is 0 Å². The summed E-state index contributed by atoms with van der Waals surface area (Å²) in [5.74, 6) is 0. The van der Waals surface area contributed by atoms with Gasteiger partial charge in [-0.1, -0.05) is 6.92 Å². The van der Waals surface area contributed by atoms with Gasteiger partial charge in [0.15, 0.2) is 0 Å². The van der Waals surface area contributed by atoms with Gasteiger partial charge in [-0.3, -0.25) is 0 Å². The van der Waals surface area contributed by atoms with Crippen molar-refractivity contribution in [2.45, 2.75) is 13.3 Å². The number of hydrogen-bond acceptors (Lipinski definition) is 2. The fraction of sp³-hybridized carbons (Fsp3) is 0.400. The van der Waals surface area contributed by atoms with Crippen molar-refractivity contribution in [2.24, 2.45) is 5.73 Å². The molecule has 0 heterocycles. The highest BCUT2D eigenvalue weighted by molar-refractivity contribution is 5.09. The minimum absolute atomic E-state index is 0.641. The largest absolute Gasteiger partial charge is 0.401 e. The van der Waals surface area contributed by atoms with Crippen LogP contribution in [0.5, 0.6) is 0 Å². The molecule has 0 aromatic heterocycles. The molecule has 0 aromatic rings. The van der Waals surface area contributed by atoms with Gasteiger partial charge in [0.05, 0.1) is 6.07 Å². The first-order valence-electron chi connectivity index (χ1n) is 2.15. The lowest BCUT2D eigenvalue weighted by atomic mass is 10.3. The molecule has 0 aliphatic rings. The first-order chi connectivity index (χ1) is 3.31. The second kappa shape index (κ2) is 3.23. The van der Waals surface area contributed by atoms with Crippen molar-refractivity contribution in [3.63, 3.8) is 0 Å². The molecule has 0 saturated carbocycles. The zero-order valence-corrected chi connectivity index (χ0v) is 4.31. The van der Waals surface area contributed by atoms with Gasteiger partial charge in [0, 0.05) is 11.8 Å². The number of nitriles is 1. The first-order valence-corrected chi connectivity index (χ1v) is 2.15. The second-order valence-corrected chi connectivity index (χ2v) is 1.20. The van der Waals surface area contributed by atoms with E-state index in [2.05, 4.69) is 0 Å². The van der Waals surface area contributed by atoms with E-state index in [0.717, 1.165) is 6.42 Å². The summed E-state index contributed by atoms with van der Waals surface area (Å²) in [7, 11) is 0. The molecule has 0 spiro atoms. The molecule has 0 saturated heterocycles. The van der Waals surface area contributed by atoms with E-state index in [9.17, 15) is 0 Å². The number of nitrogens with two attached hydrogens (primary N) is 1. The van der Waals surface area contributed by atoms with Crippen LogP contribution in [-0.4, -0.2) is 0 Å². The van der Waals surface area contributed by atoms with Crippen LogP contribution in [0.3, 0.4) is 0 Å². The Labute approximate surface area is 43.2 Å². The van der Waals surface area contributed by atoms with Gasteiger partial charge in [-0.25, -0.2) is 0 Å². The summed E-state index contributed by atoms with van der Waals surface area (Å²) < 4.78 is 0. The van der Waals surface area contributed by atoms with Gasteiger partial charge < -0.3 is 5.73 Å². The Morgan fingerprint density at radius 1 is 2.00 bits per heavy atom. The van der Waals surface area contributed by atoms with Gasteiger partial charge in [0.2, 0.25) is 0 Å². The molecule has 2 nitrogen and oxygen atoms in total. The van der Waals surface area contributed by atoms with E-state index in [1.54, 1.807) is 0 Å². The summed E-state index contributed by atoms with van der Waals surface area (Å²) in [5, 5.41) is 7.96. The fourth-order valence-electron chi connectivity index (χ4n) is 0.185. The number of rotatable bonds is 1. The highest BCUT2D eigenvalue weighted by atomic mass is 14.6. The molecule has 0 fully saturated rings.